The molecule has 0 unspecified atom stereocenters. The number of H-pyrrole nitrogens is 1. The van der Waals surface area contributed by atoms with Crippen molar-refractivity contribution in [3.05, 3.63) is 47.3 Å². The van der Waals surface area contributed by atoms with Crippen LogP contribution in [0.5, 0.6) is 0 Å². The maximum Gasteiger partial charge on any atom is 0.358 e. The van der Waals surface area contributed by atoms with Gasteiger partial charge in [-0.15, -0.1) is 0 Å². The van der Waals surface area contributed by atoms with E-state index >= 15 is 0 Å². The summed E-state index contributed by atoms with van der Waals surface area (Å²) < 4.78 is 4.90. The topological polar surface area (TPSA) is 97.0 Å². The smallest absolute Gasteiger partial charge is 0.358 e. The van der Waals surface area contributed by atoms with Gasteiger partial charge in [0, 0.05) is 6.20 Å². The average Bonchev–Trinajstić information content (AvgIpc) is 3.01. The summed E-state index contributed by atoms with van der Waals surface area (Å²) in [5, 5.41) is 2.71. The molecule has 2 aromatic rings. The number of hydrogen-bond donors (Lipinski definition) is 2. The summed E-state index contributed by atoms with van der Waals surface area (Å²) >= 11 is 0. The number of hydrogen-bond acceptors (Lipinski definition) is 5. The molecule has 7 heteroatoms. The maximum atomic E-state index is 12.1. The summed E-state index contributed by atoms with van der Waals surface area (Å²) in [6, 6.07) is 3.61. The minimum Gasteiger partial charge on any atom is -0.461 e. The van der Waals surface area contributed by atoms with Crippen LogP contribution in [-0.4, -0.2) is 33.4 Å². The molecule has 0 saturated carbocycles. The number of carbonyl (C=O) groups excluding carboxylic acids is 2. The summed E-state index contributed by atoms with van der Waals surface area (Å²) in [4.78, 5) is 34.6. The van der Waals surface area contributed by atoms with Gasteiger partial charge in [0.25, 0.3) is 5.91 Å². The Morgan fingerprint density at radius 1 is 1.32 bits per heavy atom. The van der Waals surface area contributed by atoms with Crippen LogP contribution in [0.3, 0.4) is 0 Å². The number of pyridine rings is 1. The summed E-state index contributed by atoms with van der Waals surface area (Å²) in [5.41, 5.74) is 2.06. The van der Waals surface area contributed by atoms with Crippen LogP contribution in [0.25, 0.3) is 0 Å². The van der Waals surface area contributed by atoms with E-state index in [4.69, 9.17) is 4.74 Å². The molecule has 1 amide bonds. The van der Waals surface area contributed by atoms with Crippen molar-refractivity contribution in [1.82, 2.24) is 20.3 Å². The number of amides is 1. The monoisotopic (exact) mass is 302 g/mol. The van der Waals surface area contributed by atoms with E-state index in [1.54, 1.807) is 19.2 Å². The first kappa shape index (κ1) is 15.7. The van der Waals surface area contributed by atoms with Gasteiger partial charge in [0.1, 0.15) is 5.69 Å². The van der Waals surface area contributed by atoms with E-state index in [9.17, 15) is 9.59 Å². The predicted octanol–water partition coefficient (Wildman–Crippen LogP) is 1.47. The van der Waals surface area contributed by atoms with E-state index in [1.165, 1.54) is 6.33 Å². The maximum absolute atomic E-state index is 12.1. The standard InChI is InChI=1S/C15H18N4O3/c1-3-10-5-6-16-11(7-10)14(20)17-8-12-13(19-9-18-12)15(21)22-4-2/h5-7,9H,3-4,8H2,1-2H3,(H,17,20)(H,18,19). The summed E-state index contributed by atoms with van der Waals surface area (Å²) in [6.45, 7) is 4.14. The van der Waals surface area contributed by atoms with Gasteiger partial charge in [-0.2, -0.15) is 0 Å². The van der Waals surface area contributed by atoms with Crippen LogP contribution in [0.1, 0.15) is 46.1 Å². The second kappa shape index (κ2) is 7.35. The third-order valence-corrected chi connectivity index (χ3v) is 3.08. The quantitative estimate of drug-likeness (QED) is 0.788. The predicted molar refractivity (Wildman–Crippen MR) is 79.3 cm³/mol. The van der Waals surface area contributed by atoms with Crippen LogP contribution >= 0.6 is 0 Å². The Labute approximate surface area is 128 Å². The number of ether oxygens (including phenoxy) is 1. The zero-order valence-corrected chi connectivity index (χ0v) is 12.5. The summed E-state index contributed by atoms with van der Waals surface area (Å²) in [7, 11) is 0. The van der Waals surface area contributed by atoms with Crippen LogP contribution in [0.2, 0.25) is 0 Å². The number of esters is 1. The van der Waals surface area contributed by atoms with Gasteiger partial charge in [-0.25, -0.2) is 9.78 Å². The molecule has 2 rings (SSSR count). The number of aryl methyl sites for hydroxylation is 1. The minimum absolute atomic E-state index is 0.144. The second-order valence-electron chi connectivity index (χ2n) is 4.54. The van der Waals surface area contributed by atoms with Gasteiger partial charge < -0.3 is 15.0 Å². The van der Waals surface area contributed by atoms with Gasteiger partial charge in [0.05, 0.1) is 25.2 Å². The highest BCUT2D eigenvalue weighted by atomic mass is 16.5. The fraction of sp³-hybridized carbons (Fsp3) is 0.333. The molecule has 116 valence electrons. The number of aromatic nitrogens is 3. The van der Waals surface area contributed by atoms with Crippen molar-refractivity contribution in [3.8, 4) is 0 Å². The van der Waals surface area contributed by atoms with Crippen molar-refractivity contribution in [3.63, 3.8) is 0 Å². The molecule has 0 atom stereocenters. The molecule has 0 aliphatic heterocycles. The van der Waals surface area contributed by atoms with E-state index in [0.717, 1.165) is 12.0 Å². The molecule has 22 heavy (non-hydrogen) atoms. The number of aromatic amines is 1. The normalized spacial score (nSPS) is 10.3. The van der Waals surface area contributed by atoms with Crippen LogP contribution in [0.4, 0.5) is 0 Å². The largest absolute Gasteiger partial charge is 0.461 e. The third kappa shape index (κ3) is 3.69. The molecule has 7 nitrogen and oxygen atoms in total. The van der Waals surface area contributed by atoms with Crippen molar-refractivity contribution < 1.29 is 14.3 Å². The van der Waals surface area contributed by atoms with Crippen molar-refractivity contribution in [2.75, 3.05) is 6.61 Å². The lowest BCUT2D eigenvalue weighted by Crippen LogP contribution is -2.25. The Balaban J connectivity index is 2.02. The van der Waals surface area contributed by atoms with Crippen molar-refractivity contribution in [1.29, 1.82) is 0 Å². The molecule has 0 aliphatic carbocycles. The molecule has 0 spiro atoms. The molecule has 0 aliphatic rings. The highest BCUT2D eigenvalue weighted by molar-refractivity contribution is 5.92. The van der Waals surface area contributed by atoms with Crippen molar-refractivity contribution >= 4 is 11.9 Å². The van der Waals surface area contributed by atoms with Crippen molar-refractivity contribution in [2.45, 2.75) is 26.8 Å². The van der Waals surface area contributed by atoms with E-state index in [-0.39, 0.29) is 24.8 Å². The molecule has 2 aromatic heterocycles. The molecular formula is C15H18N4O3. The SMILES string of the molecule is CCOC(=O)c1nc[nH]c1CNC(=O)c1cc(CC)ccn1. The molecule has 2 heterocycles. The van der Waals surface area contributed by atoms with E-state index in [0.29, 0.717) is 11.4 Å². The Morgan fingerprint density at radius 3 is 2.86 bits per heavy atom. The summed E-state index contributed by atoms with van der Waals surface area (Å²) in [5.74, 6) is -0.821. The molecule has 0 fully saturated rings. The average molecular weight is 302 g/mol. The van der Waals surface area contributed by atoms with Crippen molar-refractivity contribution in [2.24, 2.45) is 0 Å². The van der Waals surface area contributed by atoms with Crippen LogP contribution in [-0.2, 0) is 17.7 Å². The fourth-order valence-corrected chi connectivity index (χ4v) is 1.91. The first-order chi connectivity index (χ1) is 10.7. The Morgan fingerprint density at radius 2 is 2.14 bits per heavy atom. The highest BCUT2D eigenvalue weighted by Gasteiger charge is 2.16. The Hall–Kier alpha value is -2.70. The third-order valence-electron chi connectivity index (χ3n) is 3.08. The summed E-state index contributed by atoms with van der Waals surface area (Å²) in [6.07, 6.45) is 3.83. The van der Waals surface area contributed by atoms with Crippen LogP contribution < -0.4 is 5.32 Å². The lowest BCUT2D eigenvalue weighted by atomic mass is 10.2. The van der Waals surface area contributed by atoms with Crippen LogP contribution in [0, 0.1) is 0 Å². The molecule has 0 radical (unpaired) electrons. The number of nitrogens with one attached hydrogen (secondary N) is 2. The number of imidazole rings is 1. The van der Waals surface area contributed by atoms with Gasteiger partial charge in [-0.1, -0.05) is 6.92 Å². The van der Waals surface area contributed by atoms with Gasteiger partial charge in [0.15, 0.2) is 5.69 Å². The molecule has 0 aromatic carbocycles. The zero-order valence-electron chi connectivity index (χ0n) is 12.5. The van der Waals surface area contributed by atoms with Gasteiger partial charge >= 0.3 is 5.97 Å². The lowest BCUT2D eigenvalue weighted by molar-refractivity contribution is 0.0518. The molecular weight excluding hydrogens is 284 g/mol. The molecule has 2 N–H and O–H groups in total. The van der Waals surface area contributed by atoms with Gasteiger partial charge in [-0.05, 0) is 31.0 Å². The number of rotatable bonds is 6. The molecule has 0 bridgehead atoms. The highest BCUT2D eigenvalue weighted by Crippen LogP contribution is 2.06. The van der Waals surface area contributed by atoms with Gasteiger partial charge in [0.2, 0.25) is 0 Å². The van der Waals surface area contributed by atoms with Gasteiger partial charge in [-0.3, -0.25) is 9.78 Å². The van der Waals surface area contributed by atoms with E-state index < -0.39 is 5.97 Å². The Bertz CT molecular complexity index is 666. The van der Waals surface area contributed by atoms with E-state index in [1.807, 2.05) is 13.0 Å². The van der Waals surface area contributed by atoms with E-state index in [2.05, 4.69) is 20.3 Å². The minimum atomic E-state index is -0.515. The molecule has 0 saturated heterocycles. The fourth-order valence-electron chi connectivity index (χ4n) is 1.91. The Kier molecular flexibility index (Phi) is 5.24. The lowest BCUT2D eigenvalue weighted by Gasteiger charge is -2.06. The first-order valence-corrected chi connectivity index (χ1v) is 7.08. The zero-order chi connectivity index (χ0) is 15.9. The number of nitrogens with zero attached hydrogens (tertiary/aromatic N) is 2. The second-order valence-corrected chi connectivity index (χ2v) is 4.54. The first-order valence-electron chi connectivity index (χ1n) is 7.08. The number of carbonyl (C=O) groups is 2. The van der Waals surface area contributed by atoms with Crippen LogP contribution in [0.15, 0.2) is 24.7 Å².